The molecule has 0 aliphatic heterocycles. The van der Waals surface area contributed by atoms with E-state index in [0.717, 1.165) is 15.6 Å². The highest BCUT2D eigenvalue weighted by Gasteiger charge is 2.11. The largest absolute Gasteiger partial charge is 0.466 e. The van der Waals surface area contributed by atoms with Crippen molar-refractivity contribution in [3.63, 3.8) is 0 Å². The van der Waals surface area contributed by atoms with Crippen molar-refractivity contribution < 1.29 is 14.6 Å². The topological polar surface area (TPSA) is 46.5 Å². The van der Waals surface area contributed by atoms with E-state index in [9.17, 15) is 4.79 Å². The second-order valence-electron chi connectivity index (χ2n) is 3.65. The van der Waals surface area contributed by atoms with E-state index < -0.39 is 5.97 Å². The van der Waals surface area contributed by atoms with Gasteiger partial charge in [-0.25, -0.2) is 4.79 Å². The summed E-state index contributed by atoms with van der Waals surface area (Å²) in [4.78, 5) is 11.5. The van der Waals surface area contributed by atoms with Gasteiger partial charge in [-0.2, -0.15) is 0 Å². The lowest BCUT2D eigenvalue weighted by Crippen LogP contribution is -2.09. The van der Waals surface area contributed by atoms with E-state index in [1.807, 2.05) is 25.1 Å². The highest BCUT2D eigenvalue weighted by atomic mass is 79.9. The Morgan fingerprint density at radius 1 is 1.53 bits per heavy atom. The van der Waals surface area contributed by atoms with Crippen LogP contribution in [0, 0.1) is 6.92 Å². The van der Waals surface area contributed by atoms with Crippen LogP contribution >= 0.6 is 15.9 Å². The third kappa shape index (κ3) is 3.98. The average molecular weight is 299 g/mol. The second-order valence-corrected chi connectivity index (χ2v) is 4.57. The minimum atomic E-state index is -0.404. The van der Waals surface area contributed by atoms with Gasteiger partial charge >= 0.3 is 5.97 Å². The van der Waals surface area contributed by atoms with E-state index in [2.05, 4.69) is 20.7 Å². The Morgan fingerprint density at radius 2 is 2.24 bits per heavy atom. The molecule has 0 aliphatic carbocycles. The monoisotopic (exact) mass is 298 g/mol. The number of carbonyl (C=O) groups is 1. The molecule has 0 saturated heterocycles. The highest BCUT2D eigenvalue weighted by molar-refractivity contribution is 9.10. The Hall–Kier alpha value is -1.13. The van der Waals surface area contributed by atoms with Crippen LogP contribution in [0.4, 0.5) is 0 Å². The second kappa shape index (κ2) is 6.57. The molecule has 0 aromatic heterocycles. The summed E-state index contributed by atoms with van der Waals surface area (Å²) in [6, 6.07) is 5.89. The van der Waals surface area contributed by atoms with Crippen molar-refractivity contribution >= 4 is 21.9 Å². The van der Waals surface area contributed by atoms with Crippen molar-refractivity contribution in [2.24, 2.45) is 0 Å². The van der Waals surface area contributed by atoms with E-state index in [0.29, 0.717) is 12.0 Å². The molecule has 17 heavy (non-hydrogen) atoms. The van der Waals surface area contributed by atoms with E-state index in [4.69, 9.17) is 5.11 Å². The number of aryl methyl sites for hydroxylation is 1. The maximum atomic E-state index is 11.5. The number of aliphatic hydroxyl groups is 1. The molecular weight excluding hydrogens is 284 g/mol. The van der Waals surface area contributed by atoms with Gasteiger partial charge in [-0.3, -0.25) is 0 Å². The molecule has 4 heteroatoms. The standard InChI is InChI=1S/C13H15BrO3/c1-9-3-4-12(14)8-11(9)7-10(5-6-15)13(16)17-2/h3-5,8,15H,6-7H2,1-2H3/b10-5+. The zero-order valence-electron chi connectivity index (χ0n) is 9.87. The predicted molar refractivity (Wildman–Crippen MR) is 69.8 cm³/mol. The first-order valence-electron chi connectivity index (χ1n) is 5.21. The van der Waals surface area contributed by atoms with Gasteiger partial charge in [-0.1, -0.05) is 22.0 Å². The van der Waals surface area contributed by atoms with Crippen LogP contribution in [-0.2, 0) is 16.0 Å². The summed E-state index contributed by atoms with van der Waals surface area (Å²) in [5.74, 6) is -0.404. The molecule has 92 valence electrons. The number of rotatable bonds is 4. The smallest absolute Gasteiger partial charge is 0.333 e. The van der Waals surface area contributed by atoms with E-state index >= 15 is 0 Å². The molecule has 1 aromatic rings. The van der Waals surface area contributed by atoms with Gasteiger partial charge in [0.1, 0.15) is 0 Å². The fourth-order valence-corrected chi connectivity index (χ4v) is 1.91. The quantitative estimate of drug-likeness (QED) is 0.686. The SMILES string of the molecule is COC(=O)/C(=C/CO)Cc1cc(Br)ccc1C. The maximum absolute atomic E-state index is 11.5. The van der Waals surface area contributed by atoms with Crippen LogP contribution in [-0.4, -0.2) is 24.8 Å². The number of ether oxygens (including phenoxy) is 1. The van der Waals surface area contributed by atoms with Gasteiger partial charge < -0.3 is 9.84 Å². The van der Waals surface area contributed by atoms with E-state index in [1.54, 1.807) is 0 Å². The zero-order chi connectivity index (χ0) is 12.8. The summed E-state index contributed by atoms with van der Waals surface area (Å²) in [5.41, 5.74) is 2.60. The number of benzene rings is 1. The van der Waals surface area contributed by atoms with Crippen molar-refractivity contribution in [2.45, 2.75) is 13.3 Å². The zero-order valence-corrected chi connectivity index (χ0v) is 11.5. The van der Waals surface area contributed by atoms with Crippen molar-refractivity contribution in [1.29, 1.82) is 0 Å². The summed E-state index contributed by atoms with van der Waals surface area (Å²) in [7, 11) is 1.33. The fraction of sp³-hybridized carbons (Fsp3) is 0.308. The first kappa shape index (κ1) is 13.9. The van der Waals surface area contributed by atoms with Gasteiger partial charge in [0.05, 0.1) is 13.7 Å². The van der Waals surface area contributed by atoms with E-state index in [1.165, 1.54) is 13.2 Å². The fourth-order valence-electron chi connectivity index (χ4n) is 1.50. The first-order chi connectivity index (χ1) is 8.08. The van der Waals surface area contributed by atoms with Crippen LogP contribution in [0.1, 0.15) is 11.1 Å². The van der Waals surface area contributed by atoms with Crippen molar-refractivity contribution in [1.82, 2.24) is 0 Å². The van der Waals surface area contributed by atoms with Crippen LogP contribution in [0.25, 0.3) is 0 Å². The van der Waals surface area contributed by atoms with Crippen molar-refractivity contribution in [2.75, 3.05) is 13.7 Å². The van der Waals surface area contributed by atoms with Crippen molar-refractivity contribution in [3.05, 3.63) is 45.4 Å². The van der Waals surface area contributed by atoms with Crippen molar-refractivity contribution in [3.8, 4) is 0 Å². The molecule has 0 fully saturated rings. The van der Waals surface area contributed by atoms with Gasteiger partial charge in [0.25, 0.3) is 0 Å². The highest BCUT2D eigenvalue weighted by Crippen LogP contribution is 2.19. The summed E-state index contributed by atoms with van der Waals surface area (Å²) >= 11 is 3.39. The van der Waals surface area contributed by atoms with Crippen LogP contribution < -0.4 is 0 Å². The normalized spacial score (nSPS) is 11.4. The molecule has 1 aromatic carbocycles. The van der Waals surface area contributed by atoms with Gasteiger partial charge in [0.15, 0.2) is 0 Å². The third-order valence-corrected chi connectivity index (χ3v) is 2.97. The number of aliphatic hydroxyl groups excluding tert-OH is 1. The van der Waals surface area contributed by atoms with Gasteiger partial charge in [-0.05, 0) is 36.3 Å². The molecule has 0 unspecified atom stereocenters. The molecule has 0 heterocycles. The van der Waals surface area contributed by atoms with Crippen LogP contribution in [0.15, 0.2) is 34.3 Å². The molecule has 0 spiro atoms. The van der Waals surface area contributed by atoms with Crippen LogP contribution in [0.3, 0.4) is 0 Å². The number of halogens is 1. The maximum Gasteiger partial charge on any atom is 0.333 e. The lowest BCUT2D eigenvalue weighted by atomic mass is 10.0. The number of hydrogen-bond acceptors (Lipinski definition) is 3. The third-order valence-electron chi connectivity index (χ3n) is 2.48. The minimum absolute atomic E-state index is 0.169. The minimum Gasteiger partial charge on any atom is -0.466 e. The van der Waals surface area contributed by atoms with Gasteiger partial charge in [-0.15, -0.1) is 0 Å². The molecule has 0 atom stereocenters. The summed E-state index contributed by atoms with van der Waals surface area (Å²) < 4.78 is 5.64. The van der Waals surface area contributed by atoms with Crippen LogP contribution in [0.5, 0.6) is 0 Å². The molecule has 0 saturated carbocycles. The molecular formula is C13H15BrO3. The Balaban J connectivity index is 2.97. The number of hydrogen-bond donors (Lipinski definition) is 1. The van der Waals surface area contributed by atoms with Gasteiger partial charge in [0, 0.05) is 16.5 Å². The number of esters is 1. The molecule has 3 nitrogen and oxygen atoms in total. The Morgan fingerprint density at radius 3 is 2.82 bits per heavy atom. The molecule has 0 aliphatic rings. The molecule has 0 bridgehead atoms. The molecule has 1 rings (SSSR count). The van der Waals surface area contributed by atoms with Crippen LogP contribution in [0.2, 0.25) is 0 Å². The first-order valence-corrected chi connectivity index (χ1v) is 6.01. The summed E-state index contributed by atoms with van der Waals surface area (Å²) in [6.07, 6.45) is 1.94. The summed E-state index contributed by atoms with van der Waals surface area (Å²) in [5, 5.41) is 8.89. The van der Waals surface area contributed by atoms with Gasteiger partial charge in [0.2, 0.25) is 0 Å². The lowest BCUT2D eigenvalue weighted by molar-refractivity contribution is -0.136. The lowest BCUT2D eigenvalue weighted by Gasteiger charge is -2.08. The summed E-state index contributed by atoms with van der Waals surface area (Å²) in [6.45, 7) is 1.81. The molecule has 1 N–H and O–H groups in total. The van der Waals surface area contributed by atoms with E-state index in [-0.39, 0.29) is 6.61 Å². The number of carbonyl (C=O) groups excluding carboxylic acids is 1. The number of methoxy groups -OCH3 is 1. The molecule has 0 radical (unpaired) electrons. The Labute approximate surface area is 109 Å². The average Bonchev–Trinajstić information content (AvgIpc) is 2.32. The Kier molecular flexibility index (Phi) is 5.38. The molecule has 0 amide bonds. The Bertz CT molecular complexity index is 438. The predicted octanol–water partition coefficient (Wildman–Crippen LogP) is 2.39.